The number of carbonyl (C=O) groups excluding carboxylic acids is 1. The number of ether oxygens (including phenoxy) is 2. The first-order chi connectivity index (χ1) is 10.6. The summed E-state index contributed by atoms with van der Waals surface area (Å²) in [7, 11) is 3.19. The summed E-state index contributed by atoms with van der Waals surface area (Å²) in [6.45, 7) is 6.18. The van der Waals surface area contributed by atoms with Crippen molar-refractivity contribution in [2.24, 2.45) is 0 Å². The summed E-state index contributed by atoms with van der Waals surface area (Å²) in [6, 6.07) is 6.39. The molecule has 1 amide bonds. The van der Waals surface area contributed by atoms with Gasteiger partial charge >= 0.3 is 0 Å². The van der Waals surface area contributed by atoms with Crippen LogP contribution in [0.4, 0.5) is 0 Å². The summed E-state index contributed by atoms with van der Waals surface area (Å²) >= 11 is 0. The summed E-state index contributed by atoms with van der Waals surface area (Å²) in [5.41, 5.74) is 1.18. The first-order valence-electron chi connectivity index (χ1n) is 7.59. The van der Waals surface area contributed by atoms with Gasteiger partial charge in [0, 0.05) is 39.3 Å². The van der Waals surface area contributed by atoms with Gasteiger partial charge in [-0.2, -0.15) is 0 Å². The van der Waals surface area contributed by atoms with E-state index in [0.717, 1.165) is 26.2 Å². The van der Waals surface area contributed by atoms with Gasteiger partial charge in [0.2, 0.25) is 0 Å². The van der Waals surface area contributed by atoms with Crippen LogP contribution in [0.5, 0.6) is 11.5 Å². The fourth-order valence-corrected chi connectivity index (χ4v) is 2.50. The van der Waals surface area contributed by atoms with E-state index in [1.165, 1.54) is 5.56 Å². The van der Waals surface area contributed by atoms with Crippen molar-refractivity contribution in [2.75, 3.05) is 40.4 Å². The summed E-state index contributed by atoms with van der Waals surface area (Å²) in [5.74, 6) is 1.08. The maximum atomic E-state index is 11.3. The van der Waals surface area contributed by atoms with Gasteiger partial charge in [-0.05, 0) is 24.6 Å². The number of nitrogens with zero attached hydrogens (tertiary/aromatic N) is 1. The van der Waals surface area contributed by atoms with Crippen LogP contribution in [0, 0.1) is 0 Å². The molecule has 23 heavy (non-hydrogen) atoms. The fraction of sp³-hybridized carbons (Fsp3) is 0.562. The van der Waals surface area contributed by atoms with Crippen molar-refractivity contribution in [1.29, 1.82) is 0 Å². The second-order valence-corrected chi connectivity index (χ2v) is 5.47. The van der Waals surface area contributed by atoms with E-state index in [2.05, 4.69) is 22.5 Å². The van der Waals surface area contributed by atoms with Gasteiger partial charge in [0.15, 0.2) is 18.1 Å². The van der Waals surface area contributed by atoms with Crippen molar-refractivity contribution in [3.05, 3.63) is 23.8 Å². The number of carbonyl (C=O) groups is 1. The van der Waals surface area contributed by atoms with Crippen LogP contribution in [0.25, 0.3) is 0 Å². The number of rotatable bonds is 6. The lowest BCUT2D eigenvalue weighted by Crippen LogP contribution is -2.49. The molecule has 130 valence electrons. The Morgan fingerprint density at radius 3 is 2.87 bits per heavy atom. The maximum absolute atomic E-state index is 11.3. The van der Waals surface area contributed by atoms with Crippen molar-refractivity contribution in [1.82, 2.24) is 15.5 Å². The van der Waals surface area contributed by atoms with Gasteiger partial charge in [-0.3, -0.25) is 9.69 Å². The fourth-order valence-electron chi connectivity index (χ4n) is 2.50. The van der Waals surface area contributed by atoms with Gasteiger partial charge in [0.05, 0.1) is 7.11 Å². The molecule has 0 aliphatic carbocycles. The largest absolute Gasteiger partial charge is 0.493 e. The van der Waals surface area contributed by atoms with Gasteiger partial charge in [0.1, 0.15) is 0 Å². The van der Waals surface area contributed by atoms with E-state index in [-0.39, 0.29) is 24.9 Å². The molecule has 0 bridgehead atoms. The Morgan fingerprint density at radius 1 is 1.43 bits per heavy atom. The lowest BCUT2D eigenvalue weighted by Gasteiger charge is -2.34. The monoisotopic (exact) mass is 343 g/mol. The summed E-state index contributed by atoms with van der Waals surface area (Å²) < 4.78 is 10.9. The standard InChI is InChI=1S/C16H25N3O3.ClH/c1-12-9-18-6-7-19(12)10-13-4-5-14(15(8-13)21-3)22-11-16(20)17-2;/h4-5,8,12,18H,6-7,9-11H2,1-3H3,(H,17,20);1H/t12-;/m1./s1. The Labute approximate surface area is 143 Å². The Kier molecular flexibility index (Phi) is 8.16. The minimum atomic E-state index is -0.166. The highest BCUT2D eigenvalue weighted by molar-refractivity contribution is 5.85. The van der Waals surface area contributed by atoms with Crippen molar-refractivity contribution in [3.63, 3.8) is 0 Å². The maximum Gasteiger partial charge on any atom is 0.257 e. The highest BCUT2D eigenvalue weighted by Crippen LogP contribution is 2.28. The number of nitrogens with one attached hydrogen (secondary N) is 2. The molecule has 1 aliphatic rings. The molecule has 0 aromatic heterocycles. The Hall–Kier alpha value is -1.50. The molecular weight excluding hydrogens is 318 g/mol. The average Bonchev–Trinajstić information content (AvgIpc) is 2.55. The van der Waals surface area contributed by atoms with Crippen LogP contribution in [-0.2, 0) is 11.3 Å². The number of piperazine rings is 1. The van der Waals surface area contributed by atoms with Crippen LogP contribution in [0.3, 0.4) is 0 Å². The molecule has 1 aliphatic heterocycles. The SMILES string of the molecule is CNC(=O)COc1ccc(CN2CCNC[C@H]2C)cc1OC.Cl. The molecule has 1 saturated heterocycles. The van der Waals surface area contributed by atoms with Gasteiger partial charge in [-0.15, -0.1) is 12.4 Å². The van der Waals surface area contributed by atoms with Gasteiger partial charge < -0.3 is 20.1 Å². The first kappa shape index (κ1) is 19.5. The average molecular weight is 344 g/mol. The number of amides is 1. The third kappa shape index (κ3) is 5.57. The topological polar surface area (TPSA) is 62.8 Å². The van der Waals surface area contributed by atoms with E-state index in [0.29, 0.717) is 17.5 Å². The van der Waals surface area contributed by atoms with Crippen molar-refractivity contribution >= 4 is 18.3 Å². The van der Waals surface area contributed by atoms with Crippen molar-refractivity contribution < 1.29 is 14.3 Å². The van der Waals surface area contributed by atoms with Crippen LogP contribution >= 0.6 is 12.4 Å². The molecule has 2 rings (SSSR count). The summed E-state index contributed by atoms with van der Waals surface area (Å²) in [6.07, 6.45) is 0. The molecule has 0 unspecified atom stereocenters. The Bertz CT molecular complexity index is 513. The molecule has 6 nitrogen and oxygen atoms in total. The van der Waals surface area contributed by atoms with Crippen molar-refractivity contribution in [3.8, 4) is 11.5 Å². The zero-order valence-electron chi connectivity index (χ0n) is 13.9. The predicted octanol–water partition coefficient (Wildman–Crippen LogP) is 1.04. The molecule has 2 N–H and O–H groups in total. The number of hydrogen-bond acceptors (Lipinski definition) is 5. The number of methoxy groups -OCH3 is 1. The summed E-state index contributed by atoms with van der Waals surface area (Å²) in [4.78, 5) is 13.7. The van der Waals surface area contributed by atoms with E-state index in [9.17, 15) is 4.79 Å². The number of likely N-dealkylation sites (N-methyl/N-ethyl adjacent to an activating group) is 1. The van der Waals surface area contributed by atoms with Crippen LogP contribution in [-0.4, -0.2) is 57.2 Å². The second kappa shape index (κ2) is 9.60. The normalized spacial score (nSPS) is 18.0. The van der Waals surface area contributed by atoms with Crippen LogP contribution < -0.4 is 20.1 Å². The van der Waals surface area contributed by atoms with Gasteiger partial charge in [-0.25, -0.2) is 0 Å². The molecule has 0 saturated carbocycles. The molecular formula is C16H26ClN3O3. The molecule has 1 atom stereocenters. The Balaban J connectivity index is 0.00000264. The zero-order valence-corrected chi connectivity index (χ0v) is 14.7. The minimum Gasteiger partial charge on any atom is -0.493 e. The highest BCUT2D eigenvalue weighted by Gasteiger charge is 2.18. The molecule has 1 aromatic carbocycles. The third-order valence-electron chi connectivity index (χ3n) is 3.89. The quantitative estimate of drug-likeness (QED) is 0.808. The molecule has 7 heteroatoms. The molecule has 1 fully saturated rings. The predicted molar refractivity (Wildman–Crippen MR) is 92.5 cm³/mol. The first-order valence-corrected chi connectivity index (χ1v) is 7.59. The van der Waals surface area contributed by atoms with Crippen LogP contribution in [0.15, 0.2) is 18.2 Å². The zero-order chi connectivity index (χ0) is 15.9. The third-order valence-corrected chi connectivity index (χ3v) is 3.89. The highest BCUT2D eigenvalue weighted by atomic mass is 35.5. The molecule has 1 aromatic rings. The van der Waals surface area contributed by atoms with E-state index in [4.69, 9.17) is 9.47 Å². The lowest BCUT2D eigenvalue weighted by molar-refractivity contribution is -0.122. The van der Waals surface area contributed by atoms with E-state index < -0.39 is 0 Å². The van der Waals surface area contributed by atoms with Crippen LogP contribution in [0.1, 0.15) is 12.5 Å². The summed E-state index contributed by atoms with van der Waals surface area (Å²) in [5, 5.41) is 5.92. The van der Waals surface area contributed by atoms with Gasteiger partial charge in [0.25, 0.3) is 5.91 Å². The lowest BCUT2D eigenvalue weighted by atomic mass is 10.1. The van der Waals surface area contributed by atoms with E-state index >= 15 is 0 Å². The number of halogens is 1. The number of benzene rings is 1. The molecule has 0 spiro atoms. The minimum absolute atomic E-state index is 0. The number of hydrogen-bond donors (Lipinski definition) is 2. The van der Waals surface area contributed by atoms with Gasteiger partial charge in [-0.1, -0.05) is 6.07 Å². The van der Waals surface area contributed by atoms with Crippen molar-refractivity contribution in [2.45, 2.75) is 19.5 Å². The Morgan fingerprint density at radius 2 is 2.22 bits per heavy atom. The smallest absolute Gasteiger partial charge is 0.257 e. The second-order valence-electron chi connectivity index (χ2n) is 5.47. The van der Waals surface area contributed by atoms with E-state index in [1.807, 2.05) is 18.2 Å². The molecule has 1 heterocycles. The van der Waals surface area contributed by atoms with Crippen LogP contribution in [0.2, 0.25) is 0 Å². The van der Waals surface area contributed by atoms with E-state index in [1.54, 1.807) is 14.2 Å². The molecule has 0 radical (unpaired) electrons.